The molecule has 19 heavy (non-hydrogen) atoms. The molecule has 0 aromatic heterocycles. The van der Waals surface area contributed by atoms with Gasteiger partial charge in [-0.05, 0) is 0 Å². The molecule has 2 heteroatoms. The van der Waals surface area contributed by atoms with Crippen LogP contribution in [0.1, 0.15) is 88.5 Å². The molecule has 0 saturated carbocycles. The Morgan fingerprint density at radius 2 is 1.05 bits per heavy atom. The van der Waals surface area contributed by atoms with Gasteiger partial charge in [0, 0.05) is 0 Å². The first-order chi connectivity index (χ1) is 8.20. The van der Waals surface area contributed by atoms with Gasteiger partial charge in [-0.15, -0.1) is 0 Å². The molecule has 0 radical (unpaired) electrons. The fourth-order valence-electron chi connectivity index (χ4n) is 4.79. The molecule has 0 atom stereocenters. The average Bonchev–Trinajstić information content (AvgIpc) is 2.06. The Kier molecular flexibility index (Phi) is 4.92. The van der Waals surface area contributed by atoms with Gasteiger partial charge in [-0.2, -0.15) is 0 Å². The second-order valence-electron chi connectivity index (χ2n) is 9.98. The summed E-state index contributed by atoms with van der Waals surface area (Å²) in [6.07, 6.45) is 4.13. The van der Waals surface area contributed by atoms with Crippen LogP contribution < -0.4 is 0 Å². The van der Waals surface area contributed by atoms with Gasteiger partial charge in [-0.1, -0.05) is 0 Å². The Balaban J connectivity index is 3.33. The first-order valence-corrected chi connectivity index (χ1v) is 12.8. The van der Waals surface area contributed by atoms with Crippen molar-refractivity contribution in [2.75, 3.05) is 0 Å². The van der Waals surface area contributed by atoms with Crippen molar-refractivity contribution in [2.24, 2.45) is 0 Å². The molecule has 1 nitrogen and oxygen atoms in total. The van der Waals surface area contributed by atoms with Crippen molar-refractivity contribution in [1.82, 2.24) is 2.89 Å². The van der Waals surface area contributed by atoms with Gasteiger partial charge < -0.3 is 0 Å². The summed E-state index contributed by atoms with van der Waals surface area (Å²) < 4.78 is 4.07. The van der Waals surface area contributed by atoms with Crippen LogP contribution in [0.2, 0.25) is 6.34 Å². The monoisotopic (exact) mass is 369 g/mol. The van der Waals surface area contributed by atoms with Crippen LogP contribution in [-0.4, -0.2) is 35.7 Å². The van der Waals surface area contributed by atoms with E-state index >= 15 is 0 Å². The Morgan fingerprint density at radius 3 is 1.32 bits per heavy atom. The van der Waals surface area contributed by atoms with Crippen LogP contribution in [0.15, 0.2) is 0 Å². The van der Waals surface area contributed by atoms with Crippen LogP contribution >= 0.6 is 0 Å². The fraction of sp³-hybridized carbons (Fsp3) is 1.00. The summed E-state index contributed by atoms with van der Waals surface area (Å²) in [5, 5.41) is 0. The summed E-state index contributed by atoms with van der Waals surface area (Å²) in [4.78, 5) is 0. The molecule has 1 saturated heterocycles. The average molecular weight is 369 g/mol. The predicted molar refractivity (Wildman–Crippen MR) is 89.0 cm³/mol. The summed E-state index contributed by atoms with van der Waals surface area (Å²) in [6, 6.07) is 0. The van der Waals surface area contributed by atoms with Gasteiger partial charge in [0.1, 0.15) is 0 Å². The molecule has 0 aliphatic carbocycles. The van der Waals surface area contributed by atoms with Crippen molar-refractivity contribution in [3.8, 4) is 0 Å². The number of hydrogen-bond acceptors (Lipinski definition) is 1. The van der Waals surface area contributed by atoms with E-state index in [9.17, 15) is 0 Å². The van der Waals surface area contributed by atoms with Crippen molar-refractivity contribution < 1.29 is 0 Å². The SMILES string of the molecule is CC1(C)CCCC(C)(C)[N]1[In]([C](C)(C)C)[C](C)(C)C. The summed E-state index contributed by atoms with van der Waals surface area (Å²) in [7, 11) is 0. The van der Waals surface area contributed by atoms with Gasteiger partial charge in [0.05, 0.1) is 0 Å². The third-order valence-corrected chi connectivity index (χ3v) is 19.6. The van der Waals surface area contributed by atoms with E-state index in [1.807, 2.05) is 0 Å². The third-order valence-electron chi connectivity index (χ3n) is 4.78. The molecular weight excluding hydrogens is 333 g/mol. The maximum absolute atomic E-state index is 3.06. The van der Waals surface area contributed by atoms with E-state index in [0.29, 0.717) is 17.4 Å². The molecule has 1 rings (SSSR count). The Labute approximate surface area is 130 Å². The standard InChI is InChI=1S/C9H18N.2C4H9.In/c1-8(2)6-5-7-9(3,4)10-8;2*1-4(2)3;/h5-7H2,1-4H3;2*1-3H3;/q-1;;;+1. The van der Waals surface area contributed by atoms with Crippen LogP contribution in [0, 0.1) is 0 Å². The molecule has 112 valence electrons. The first-order valence-electron chi connectivity index (χ1n) is 7.99. The second-order valence-corrected chi connectivity index (χ2v) is 23.6. The minimum absolute atomic E-state index is 0.392. The van der Waals surface area contributed by atoms with E-state index in [1.54, 1.807) is 0 Å². The van der Waals surface area contributed by atoms with Gasteiger partial charge in [0.2, 0.25) is 0 Å². The van der Waals surface area contributed by atoms with E-state index in [0.717, 1.165) is 0 Å². The molecular formula is C17H36InN. The fourth-order valence-corrected chi connectivity index (χ4v) is 21.3. The second kappa shape index (κ2) is 5.23. The topological polar surface area (TPSA) is 3.24 Å². The van der Waals surface area contributed by atoms with Crippen LogP contribution in [0.5, 0.6) is 0 Å². The third kappa shape index (κ3) is 3.93. The van der Waals surface area contributed by atoms with Crippen molar-refractivity contribution >= 4 is 21.7 Å². The Bertz CT molecular complexity index is 287. The molecule has 0 amide bonds. The maximum atomic E-state index is 3.06. The summed E-state index contributed by atoms with van der Waals surface area (Å²) >= 11 is -1.98. The molecule has 1 fully saturated rings. The zero-order chi connectivity index (χ0) is 15.3. The normalized spacial score (nSPS) is 24.3. The van der Waals surface area contributed by atoms with Crippen LogP contribution in [-0.2, 0) is 0 Å². The van der Waals surface area contributed by atoms with Crippen molar-refractivity contribution in [2.45, 2.75) is 106 Å². The van der Waals surface area contributed by atoms with Gasteiger partial charge >= 0.3 is 131 Å². The predicted octanol–water partition coefficient (Wildman–Crippen LogP) is 5.62. The molecule has 1 aliphatic heterocycles. The molecule has 1 heterocycles. The molecule has 0 aromatic carbocycles. The molecule has 0 spiro atoms. The number of nitrogens with zero attached hydrogens (tertiary/aromatic N) is 1. The van der Waals surface area contributed by atoms with E-state index in [-0.39, 0.29) is 0 Å². The Morgan fingerprint density at radius 1 is 0.737 bits per heavy atom. The van der Waals surface area contributed by atoms with Crippen molar-refractivity contribution in [3.63, 3.8) is 0 Å². The summed E-state index contributed by atoms with van der Waals surface area (Å²) in [5.74, 6) is 0. The quantitative estimate of drug-likeness (QED) is 0.580. The Hall–Kier alpha value is 0.830. The van der Waals surface area contributed by atoms with Gasteiger partial charge in [0.25, 0.3) is 0 Å². The van der Waals surface area contributed by atoms with Crippen molar-refractivity contribution in [1.29, 1.82) is 0 Å². The van der Waals surface area contributed by atoms with E-state index in [4.69, 9.17) is 0 Å². The molecule has 0 bridgehead atoms. The molecule has 0 aromatic rings. The zero-order valence-corrected chi connectivity index (χ0v) is 18.4. The van der Waals surface area contributed by atoms with Gasteiger partial charge in [0.15, 0.2) is 0 Å². The van der Waals surface area contributed by atoms with E-state index < -0.39 is 21.7 Å². The molecule has 0 N–H and O–H groups in total. The first kappa shape index (κ1) is 17.9. The van der Waals surface area contributed by atoms with Crippen LogP contribution in [0.3, 0.4) is 0 Å². The van der Waals surface area contributed by atoms with E-state index in [1.165, 1.54) is 19.3 Å². The molecule has 1 aliphatic rings. The van der Waals surface area contributed by atoms with Gasteiger partial charge in [-0.3, -0.25) is 0 Å². The summed E-state index contributed by atoms with van der Waals surface area (Å²) in [5.41, 5.74) is 0.784. The minimum atomic E-state index is -1.98. The van der Waals surface area contributed by atoms with E-state index in [2.05, 4.69) is 72.1 Å². The number of hydrogen-bond donors (Lipinski definition) is 0. The van der Waals surface area contributed by atoms with Crippen LogP contribution in [0.4, 0.5) is 0 Å². The molecule has 0 unspecified atom stereocenters. The number of rotatable bonds is 1. The summed E-state index contributed by atoms with van der Waals surface area (Å²) in [6.45, 7) is 25.0. The van der Waals surface area contributed by atoms with Crippen LogP contribution in [0.25, 0.3) is 0 Å². The van der Waals surface area contributed by atoms with Gasteiger partial charge in [-0.25, -0.2) is 0 Å². The van der Waals surface area contributed by atoms with Crippen molar-refractivity contribution in [3.05, 3.63) is 0 Å². The zero-order valence-electron chi connectivity index (χ0n) is 15.1. The number of piperidine rings is 1.